The summed E-state index contributed by atoms with van der Waals surface area (Å²) in [4.78, 5) is 28.8. The third kappa shape index (κ3) is 8.14. The van der Waals surface area contributed by atoms with Crippen molar-refractivity contribution < 1.29 is 22.4 Å². The van der Waals surface area contributed by atoms with Crippen LogP contribution in [0.25, 0.3) is 0 Å². The monoisotopic (exact) mass is 631 g/mol. The summed E-state index contributed by atoms with van der Waals surface area (Å²) in [6.07, 6.45) is 0.290. The molecule has 0 heterocycles. The van der Waals surface area contributed by atoms with E-state index in [0.717, 1.165) is 14.3 Å². The molecule has 2 amide bonds. The van der Waals surface area contributed by atoms with Crippen LogP contribution in [0.4, 0.5) is 10.1 Å². The molecule has 0 aromatic heterocycles. The van der Waals surface area contributed by atoms with Crippen LogP contribution in [-0.4, -0.2) is 43.3 Å². The fourth-order valence-electron chi connectivity index (χ4n) is 4.13. The second-order valence-electron chi connectivity index (χ2n) is 10.6. The van der Waals surface area contributed by atoms with E-state index in [2.05, 4.69) is 21.2 Å². The third-order valence-corrected chi connectivity index (χ3v) is 8.47. The van der Waals surface area contributed by atoms with Gasteiger partial charge in [-0.25, -0.2) is 12.8 Å². The molecule has 0 aliphatic heterocycles. The number of sulfonamides is 1. The topological polar surface area (TPSA) is 86.8 Å². The van der Waals surface area contributed by atoms with Gasteiger partial charge in [0, 0.05) is 16.6 Å². The van der Waals surface area contributed by atoms with Crippen LogP contribution in [0.1, 0.15) is 45.2 Å². The zero-order valence-corrected chi connectivity index (χ0v) is 25.7. The van der Waals surface area contributed by atoms with Crippen LogP contribution in [0, 0.1) is 12.7 Å². The molecule has 0 spiro atoms. The summed E-state index contributed by atoms with van der Waals surface area (Å²) < 4.78 is 43.1. The Labute approximate surface area is 244 Å². The molecule has 40 heavy (non-hydrogen) atoms. The Hall–Kier alpha value is -3.24. The molecule has 3 aromatic rings. The van der Waals surface area contributed by atoms with E-state index in [1.54, 1.807) is 55.5 Å². The first kappa shape index (κ1) is 31.3. The molecule has 10 heteroatoms. The Balaban J connectivity index is 2.06. The average molecular weight is 633 g/mol. The zero-order chi connectivity index (χ0) is 29.7. The fourth-order valence-corrected chi connectivity index (χ4v) is 5.81. The lowest BCUT2D eigenvalue weighted by Crippen LogP contribution is -2.55. The van der Waals surface area contributed by atoms with Crippen molar-refractivity contribution in [3.8, 4) is 0 Å². The van der Waals surface area contributed by atoms with E-state index in [4.69, 9.17) is 0 Å². The summed E-state index contributed by atoms with van der Waals surface area (Å²) in [7, 11) is -4.15. The van der Waals surface area contributed by atoms with Gasteiger partial charge in [0.2, 0.25) is 11.8 Å². The lowest BCUT2D eigenvalue weighted by Gasteiger charge is -2.34. The number of hydrogen-bond acceptors (Lipinski definition) is 4. The summed E-state index contributed by atoms with van der Waals surface area (Å²) in [6, 6.07) is 17.8. The Morgan fingerprint density at radius 3 is 2.05 bits per heavy atom. The molecule has 1 unspecified atom stereocenters. The highest BCUT2D eigenvalue weighted by atomic mass is 79.9. The predicted molar refractivity (Wildman–Crippen MR) is 159 cm³/mol. The van der Waals surface area contributed by atoms with Crippen LogP contribution in [-0.2, 0) is 26.2 Å². The molecule has 0 aliphatic carbocycles. The summed E-state index contributed by atoms with van der Waals surface area (Å²) in [6.45, 7) is 8.61. The lowest BCUT2D eigenvalue weighted by atomic mass is 10.1. The van der Waals surface area contributed by atoms with Crippen molar-refractivity contribution in [3.05, 3.63) is 94.2 Å². The minimum absolute atomic E-state index is 0.00601. The van der Waals surface area contributed by atoms with Crippen molar-refractivity contribution in [2.45, 2.75) is 64.1 Å². The number of nitrogens with zero attached hydrogens (tertiary/aromatic N) is 2. The van der Waals surface area contributed by atoms with Crippen LogP contribution in [0.5, 0.6) is 0 Å². The molecule has 0 saturated carbocycles. The van der Waals surface area contributed by atoms with Gasteiger partial charge in [-0.3, -0.25) is 13.9 Å². The maximum absolute atomic E-state index is 14.0. The van der Waals surface area contributed by atoms with Gasteiger partial charge in [0.15, 0.2) is 0 Å². The number of benzene rings is 3. The van der Waals surface area contributed by atoms with Crippen molar-refractivity contribution in [2.24, 2.45) is 0 Å². The number of amides is 2. The van der Waals surface area contributed by atoms with Gasteiger partial charge in [-0.2, -0.15) is 0 Å². The van der Waals surface area contributed by atoms with Crippen LogP contribution in [0.15, 0.2) is 82.2 Å². The Bertz CT molecular complexity index is 1420. The Kier molecular flexibility index (Phi) is 10.1. The second kappa shape index (κ2) is 13.0. The molecule has 1 N–H and O–H groups in total. The van der Waals surface area contributed by atoms with Gasteiger partial charge in [0.1, 0.15) is 18.4 Å². The number of anilines is 1. The highest BCUT2D eigenvalue weighted by Crippen LogP contribution is 2.26. The molecule has 0 bridgehead atoms. The molecular weight excluding hydrogens is 597 g/mol. The van der Waals surface area contributed by atoms with Gasteiger partial charge in [-0.05, 0) is 88.2 Å². The van der Waals surface area contributed by atoms with Gasteiger partial charge >= 0.3 is 0 Å². The largest absolute Gasteiger partial charge is 0.350 e. The summed E-state index contributed by atoms with van der Waals surface area (Å²) in [5, 5.41) is 2.92. The number of nitrogens with one attached hydrogen (secondary N) is 1. The van der Waals surface area contributed by atoms with Crippen molar-refractivity contribution in [3.63, 3.8) is 0 Å². The van der Waals surface area contributed by atoms with Crippen LogP contribution < -0.4 is 9.62 Å². The molecule has 3 aromatic carbocycles. The van der Waals surface area contributed by atoms with E-state index in [1.165, 1.54) is 29.2 Å². The molecule has 0 radical (unpaired) electrons. The zero-order valence-electron chi connectivity index (χ0n) is 23.3. The third-order valence-electron chi connectivity index (χ3n) is 6.15. The highest BCUT2D eigenvalue weighted by Gasteiger charge is 2.34. The average Bonchev–Trinajstić information content (AvgIpc) is 2.88. The number of carbonyl (C=O) groups excluding carboxylic acids is 2. The minimum Gasteiger partial charge on any atom is -0.350 e. The quantitative estimate of drug-likeness (QED) is 0.306. The fraction of sp³-hybridized carbons (Fsp3) is 0.333. The predicted octanol–water partition coefficient (Wildman–Crippen LogP) is 5.81. The van der Waals surface area contributed by atoms with Crippen LogP contribution in [0.3, 0.4) is 0 Å². The molecule has 1 atom stereocenters. The molecule has 214 valence electrons. The second-order valence-corrected chi connectivity index (χ2v) is 13.4. The molecular formula is C30H35BrFN3O4S. The molecule has 0 fully saturated rings. The Morgan fingerprint density at radius 2 is 1.52 bits per heavy atom. The van der Waals surface area contributed by atoms with Crippen LogP contribution >= 0.6 is 15.9 Å². The van der Waals surface area contributed by atoms with E-state index in [-0.39, 0.29) is 23.8 Å². The number of carbonyl (C=O) groups is 2. The lowest BCUT2D eigenvalue weighted by molar-refractivity contribution is -0.141. The van der Waals surface area contributed by atoms with Crippen molar-refractivity contribution >= 4 is 43.5 Å². The summed E-state index contributed by atoms with van der Waals surface area (Å²) >= 11 is 3.37. The van der Waals surface area contributed by atoms with E-state index in [9.17, 15) is 22.4 Å². The van der Waals surface area contributed by atoms with Gasteiger partial charge in [0.05, 0.1) is 10.6 Å². The van der Waals surface area contributed by atoms with Crippen molar-refractivity contribution in [2.75, 3.05) is 10.8 Å². The van der Waals surface area contributed by atoms with Gasteiger partial charge in [0.25, 0.3) is 10.0 Å². The smallest absolute Gasteiger partial charge is 0.264 e. The summed E-state index contributed by atoms with van der Waals surface area (Å²) in [5.41, 5.74) is 1.25. The molecule has 3 rings (SSSR count). The highest BCUT2D eigenvalue weighted by molar-refractivity contribution is 9.10. The normalized spacial score (nSPS) is 12.5. The minimum atomic E-state index is -4.15. The van der Waals surface area contributed by atoms with E-state index in [1.807, 2.05) is 27.7 Å². The van der Waals surface area contributed by atoms with E-state index in [0.29, 0.717) is 11.3 Å². The van der Waals surface area contributed by atoms with Crippen LogP contribution in [0.2, 0.25) is 0 Å². The molecule has 7 nitrogen and oxygen atoms in total. The summed E-state index contributed by atoms with van der Waals surface area (Å²) in [5.74, 6) is -1.36. The van der Waals surface area contributed by atoms with Gasteiger partial charge in [-0.1, -0.05) is 52.7 Å². The maximum Gasteiger partial charge on any atom is 0.264 e. The SMILES string of the molecule is CCC(C(=O)NC(C)(C)C)N(Cc1ccc(F)cc1)C(=O)CN(c1ccc(Br)cc1)S(=O)(=O)c1ccc(C)cc1. The molecule has 0 aliphatic rings. The number of aryl methyl sites for hydroxylation is 1. The van der Waals surface area contributed by atoms with Gasteiger partial charge < -0.3 is 10.2 Å². The maximum atomic E-state index is 14.0. The first-order chi connectivity index (χ1) is 18.7. The molecule has 0 saturated heterocycles. The number of rotatable bonds is 10. The standard InChI is InChI=1S/C30H35BrFN3O4S/c1-6-27(29(37)33-30(3,4)5)34(19-22-9-13-24(32)14-10-22)28(36)20-35(25-15-11-23(31)12-16-25)40(38,39)26-17-7-21(2)8-18-26/h7-18,27H,6,19-20H2,1-5H3,(H,33,37). The van der Waals surface area contributed by atoms with Crippen molar-refractivity contribution in [1.82, 2.24) is 10.2 Å². The van der Waals surface area contributed by atoms with E-state index < -0.39 is 39.9 Å². The number of halogens is 2. The van der Waals surface area contributed by atoms with Crippen molar-refractivity contribution in [1.29, 1.82) is 0 Å². The Morgan fingerprint density at radius 1 is 0.950 bits per heavy atom. The first-order valence-electron chi connectivity index (χ1n) is 12.9. The van der Waals surface area contributed by atoms with E-state index >= 15 is 0 Å². The first-order valence-corrected chi connectivity index (χ1v) is 15.2. The number of hydrogen-bond donors (Lipinski definition) is 1. The van der Waals surface area contributed by atoms with Gasteiger partial charge in [-0.15, -0.1) is 0 Å².